The number of thiophene rings is 1. The molecule has 0 aromatic carbocycles. The highest BCUT2D eigenvalue weighted by atomic mass is 32.1. The van der Waals surface area contributed by atoms with Crippen LogP contribution in [0.1, 0.15) is 10.6 Å². The molecule has 0 atom stereocenters. The van der Waals surface area contributed by atoms with Gasteiger partial charge >= 0.3 is 0 Å². The van der Waals surface area contributed by atoms with E-state index in [0.717, 1.165) is 4.88 Å². The third kappa shape index (κ3) is 2.94. The minimum absolute atomic E-state index is 0.0356. The molecule has 0 aliphatic heterocycles. The van der Waals surface area contributed by atoms with Gasteiger partial charge in [-0.15, -0.1) is 11.3 Å². The zero-order valence-electron chi connectivity index (χ0n) is 8.91. The van der Waals surface area contributed by atoms with Crippen molar-refractivity contribution >= 4 is 17.2 Å². The van der Waals surface area contributed by atoms with Gasteiger partial charge in [-0.3, -0.25) is 0 Å². The van der Waals surface area contributed by atoms with Gasteiger partial charge in [0.2, 0.25) is 5.88 Å². The van der Waals surface area contributed by atoms with E-state index in [9.17, 15) is 0 Å². The van der Waals surface area contributed by atoms with Gasteiger partial charge in [0.1, 0.15) is 12.3 Å². The van der Waals surface area contributed by atoms with Crippen LogP contribution in [0.15, 0.2) is 40.9 Å². The predicted octanol–water partition coefficient (Wildman–Crippen LogP) is 1.82. The van der Waals surface area contributed by atoms with Crippen molar-refractivity contribution in [2.24, 2.45) is 10.9 Å². The lowest BCUT2D eigenvalue weighted by molar-refractivity contribution is 0.297. The number of oxime groups is 1. The quantitative estimate of drug-likeness (QED) is 0.375. The molecule has 2 aromatic heterocycles. The van der Waals surface area contributed by atoms with Gasteiger partial charge in [-0.05, 0) is 17.5 Å². The first kappa shape index (κ1) is 11.4. The van der Waals surface area contributed by atoms with Crippen molar-refractivity contribution in [2.75, 3.05) is 0 Å². The Labute approximate surface area is 102 Å². The van der Waals surface area contributed by atoms with Gasteiger partial charge in [0.25, 0.3) is 0 Å². The molecular formula is C11H11N3O2S. The molecule has 0 radical (unpaired) electrons. The lowest BCUT2D eigenvalue weighted by Gasteiger charge is -2.04. The van der Waals surface area contributed by atoms with Crippen LogP contribution in [0.2, 0.25) is 0 Å². The van der Waals surface area contributed by atoms with Crippen molar-refractivity contribution < 1.29 is 9.94 Å². The average molecular weight is 249 g/mol. The number of pyridine rings is 1. The lowest BCUT2D eigenvalue weighted by atomic mass is 10.3. The van der Waals surface area contributed by atoms with E-state index in [1.807, 2.05) is 17.5 Å². The Hall–Kier alpha value is -2.08. The Morgan fingerprint density at radius 1 is 1.41 bits per heavy atom. The van der Waals surface area contributed by atoms with Crippen LogP contribution >= 0.6 is 11.3 Å². The van der Waals surface area contributed by atoms with Crippen LogP contribution in [-0.4, -0.2) is 16.0 Å². The summed E-state index contributed by atoms with van der Waals surface area (Å²) in [7, 11) is 0. The molecule has 0 fully saturated rings. The van der Waals surface area contributed by atoms with Gasteiger partial charge in [-0.25, -0.2) is 4.98 Å². The number of hydrogen-bond donors (Lipinski definition) is 2. The minimum atomic E-state index is -0.0356. The average Bonchev–Trinajstić information content (AvgIpc) is 2.89. The summed E-state index contributed by atoms with van der Waals surface area (Å²) >= 11 is 1.62. The minimum Gasteiger partial charge on any atom is -0.472 e. The molecular weight excluding hydrogens is 238 g/mol. The third-order valence-electron chi connectivity index (χ3n) is 2.04. The topological polar surface area (TPSA) is 80.7 Å². The lowest BCUT2D eigenvalue weighted by Crippen LogP contribution is -2.15. The second-order valence-corrected chi connectivity index (χ2v) is 4.25. The van der Waals surface area contributed by atoms with Gasteiger partial charge in [0.15, 0.2) is 5.84 Å². The molecule has 0 spiro atoms. The van der Waals surface area contributed by atoms with E-state index in [4.69, 9.17) is 15.7 Å². The van der Waals surface area contributed by atoms with Gasteiger partial charge < -0.3 is 15.7 Å². The van der Waals surface area contributed by atoms with Crippen molar-refractivity contribution in [1.82, 2.24) is 4.98 Å². The molecule has 0 aliphatic rings. The highest BCUT2D eigenvalue weighted by Gasteiger charge is 2.03. The SMILES string of the molecule is NC(=NO)c1cccc(OCc2cccs2)n1. The summed E-state index contributed by atoms with van der Waals surface area (Å²) in [6, 6.07) is 9.06. The molecule has 2 rings (SSSR count). The van der Waals surface area contributed by atoms with E-state index in [2.05, 4.69) is 10.1 Å². The van der Waals surface area contributed by atoms with Crippen LogP contribution in [0, 0.1) is 0 Å². The smallest absolute Gasteiger partial charge is 0.214 e. The van der Waals surface area contributed by atoms with E-state index in [0.29, 0.717) is 18.2 Å². The zero-order valence-corrected chi connectivity index (χ0v) is 9.72. The molecule has 2 heterocycles. The van der Waals surface area contributed by atoms with Crippen LogP contribution in [-0.2, 0) is 6.61 Å². The van der Waals surface area contributed by atoms with Crippen LogP contribution in [0.3, 0.4) is 0 Å². The molecule has 5 nitrogen and oxygen atoms in total. The number of amidine groups is 1. The molecule has 17 heavy (non-hydrogen) atoms. The molecule has 0 amide bonds. The van der Waals surface area contributed by atoms with Crippen molar-refractivity contribution in [3.8, 4) is 5.88 Å². The number of nitrogens with zero attached hydrogens (tertiary/aromatic N) is 2. The van der Waals surface area contributed by atoms with Crippen molar-refractivity contribution in [1.29, 1.82) is 0 Å². The van der Waals surface area contributed by atoms with Crippen LogP contribution < -0.4 is 10.5 Å². The Morgan fingerprint density at radius 2 is 2.29 bits per heavy atom. The molecule has 0 aliphatic carbocycles. The van der Waals surface area contributed by atoms with Crippen molar-refractivity contribution in [3.63, 3.8) is 0 Å². The molecule has 0 bridgehead atoms. The van der Waals surface area contributed by atoms with Gasteiger partial charge in [-0.1, -0.05) is 17.3 Å². The summed E-state index contributed by atoms with van der Waals surface area (Å²) in [6.07, 6.45) is 0. The fourth-order valence-electron chi connectivity index (χ4n) is 1.23. The van der Waals surface area contributed by atoms with Crippen molar-refractivity contribution in [2.45, 2.75) is 6.61 Å². The summed E-state index contributed by atoms with van der Waals surface area (Å²) in [6.45, 7) is 0.463. The number of hydrogen-bond acceptors (Lipinski definition) is 5. The second-order valence-electron chi connectivity index (χ2n) is 3.21. The second kappa shape index (κ2) is 5.31. The molecule has 0 saturated heterocycles. The van der Waals surface area contributed by atoms with E-state index in [1.54, 1.807) is 29.5 Å². The highest BCUT2D eigenvalue weighted by molar-refractivity contribution is 7.09. The molecule has 0 saturated carbocycles. The normalized spacial score (nSPS) is 11.4. The van der Waals surface area contributed by atoms with E-state index >= 15 is 0 Å². The Kier molecular flexibility index (Phi) is 3.56. The standard InChI is InChI=1S/C11H11N3O2S/c12-11(14-15)9-4-1-5-10(13-9)16-7-8-3-2-6-17-8/h1-6,15H,7H2,(H2,12,14). The first-order valence-corrected chi connectivity index (χ1v) is 5.77. The first-order valence-electron chi connectivity index (χ1n) is 4.90. The Morgan fingerprint density at radius 3 is 3.00 bits per heavy atom. The molecule has 88 valence electrons. The number of ether oxygens (including phenoxy) is 1. The van der Waals surface area contributed by atoms with E-state index in [-0.39, 0.29) is 5.84 Å². The number of aromatic nitrogens is 1. The third-order valence-corrected chi connectivity index (χ3v) is 2.89. The monoisotopic (exact) mass is 249 g/mol. The largest absolute Gasteiger partial charge is 0.472 e. The van der Waals surface area contributed by atoms with Gasteiger partial charge in [-0.2, -0.15) is 0 Å². The molecule has 2 aromatic rings. The summed E-state index contributed by atoms with van der Waals surface area (Å²) in [5, 5.41) is 13.4. The maximum absolute atomic E-state index is 8.54. The summed E-state index contributed by atoms with van der Waals surface area (Å²) < 4.78 is 5.49. The van der Waals surface area contributed by atoms with E-state index < -0.39 is 0 Å². The maximum Gasteiger partial charge on any atom is 0.214 e. The van der Waals surface area contributed by atoms with Crippen LogP contribution in [0.4, 0.5) is 0 Å². The Balaban J connectivity index is 2.06. The molecule has 0 unspecified atom stereocenters. The fourth-order valence-corrected chi connectivity index (χ4v) is 1.84. The predicted molar refractivity (Wildman–Crippen MR) is 65.4 cm³/mol. The van der Waals surface area contributed by atoms with Gasteiger partial charge in [0, 0.05) is 10.9 Å². The van der Waals surface area contributed by atoms with Crippen LogP contribution in [0.25, 0.3) is 0 Å². The number of rotatable bonds is 4. The molecule has 6 heteroatoms. The van der Waals surface area contributed by atoms with E-state index in [1.165, 1.54) is 0 Å². The Bertz CT molecular complexity index is 511. The first-order chi connectivity index (χ1) is 8.29. The summed E-state index contributed by atoms with van der Waals surface area (Å²) in [5.74, 6) is 0.411. The van der Waals surface area contributed by atoms with Gasteiger partial charge in [0.05, 0.1) is 0 Å². The maximum atomic E-state index is 8.54. The molecule has 3 N–H and O–H groups in total. The summed E-state index contributed by atoms with van der Waals surface area (Å²) in [5.41, 5.74) is 5.82. The summed E-state index contributed by atoms with van der Waals surface area (Å²) in [4.78, 5) is 5.22. The number of nitrogens with two attached hydrogens (primary N) is 1. The highest BCUT2D eigenvalue weighted by Crippen LogP contribution is 2.13. The van der Waals surface area contributed by atoms with Crippen molar-refractivity contribution in [3.05, 3.63) is 46.3 Å². The fraction of sp³-hybridized carbons (Fsp3) is 0.0909. The zero-order chi connectivity index (χ0) is 12.1. The van der Waals surface area contributed by atoms with Crippen LogP contribution in [0.5, 0.6) is 5.88 Å².